The van der Waals surface area contributed by atoms with Crippen molar-refractivity contribution in [3.8, 4) is 6.07 Å². The van der Waals surface area contributed by atoms with E-state index in [0.29, 0.717) is 12.1 Å². The molecule has 0 fully saturated rings. The molecule has 0 spiro atoms. The summed E-state index contributed by atoms with van der Waals surface area (Å²) in [5.41, 5.74) is 2.02. The number of nitro benzene ring substituents is 1. The number of carbonyl (C=O) groups excluding carboxylic acids is 1. The number of ether oxygens (including phenoxy) is 1. The summed E-state index contributed by atoms with van der Waals surface area (Å²) in [5, 5.41) is 23.0. The number of rotatable bonds is 7. The van der Waals surface area contributed by atoms with E-state index in [1.165, 1.54) is 18.2 Å². The minimum absolute atomic E-state index is 0.0887. The molecular formula is C13H13ClN4O4. The largest absolute Gasteiger partial charge is 0.460 e. The quantitative estimate of drug-likeness (QED) is 0.271. The maximum absolute atomic E-state index is 11.5. The van der Waals surface area contributed by atoms with Gasteiger partial charge in [0.05, 0.1) is 17.2 Å². The number of carbonyl (C=O) groups is 1. The molecule has 1 N–H and O–H groups in total. The summed E-state index contributed by atoms with van der Waals surface area (Å²) in [6.07, 6.45) is 1.54. The zero-order chi connectivity index (χ0) is 16.5. The van der Waals surface area contributed by atoms with Crippen LogP contribution >= 0.6 is 11.6 Å². The van der Waals surface area contributed by atoms with Crippen LogP contribution in [0.5, 0.6) is 0 Å². The van der Waals surface area contributed by atoms with E-state index < -0.39 is 16.6 Å². The van der Waals surface area contributed by atoms with Crippen LogP contribution in [0, 0.1) is 21.4 Å². The molecule has 0 radical (unpaired) electrons. The summed E-state index contributed by atoms with van der Waals surface area (Å²) in [7, 11) is 0. The fourth-order valence-corrected chi connectivity index (χ4v) is 1.59. The molecule has 9 heteroatoms. The van der Waals surface area contributed by atoms with Gasteiger partial charge in [0.15, 0.2) is 0 Å². The molecule has 0 atom stereocenters. The lowest BCUT2D eigenvalue weighted by molar-refractivity contribution is -0.384. The van der Waals surface area contributed by atoms with Crippen molar-refractivity contribution in [2.45, 2.75) is 19.8 Å². The van der Waals surface area contributed by atoms with Gasteiger partial charge in [0.25, 0.3) is 5.69 Å². The van der Waals surface area contributed by atoms with Crippen LogP contribution in [0.15, 0.2) is 23.3 Å². The van der Waals surface area contributed by atoms with E-state index in [-0.39, 0.29) is 17.3 Å². The Hall–Kier alpha value is -2.66. The molecule has 1 aromatic carbocycles. The number of anilines is 1. The average Bonchev–Trinajstić information content (AvgIpc) is 2.47. The molecule has 0 saturated carbocycles. The van der Waals surface area contributed by atoms with Crippen molar-refractivity contribution in [3.05, 3.63) is 33.3 Å². The third-order valence-corrected chi connectivity index (χ3v) is 2.77. The first kappa shape index (κ1) is 17.4. The van der Waals surface area contributed by atoms with E-state index in [2.05, 4.69) is 10.5 Å². The number of esters is 1. The summed E-state index contributed by atoms with van der Waals surface area (Å²) < 4.78 is 4.85. The second-order valence-corrected chi connectivity index (χ2v) is 4.50. The first-order valence-electron chi connectivity index (χ1n) is 6.34. The second-order valence-electron chi connectivity index (χ2n) is 4.10. The van der Waals surface area contributed by atoms with Gasteiger partial charge in [-0.25, -0.2) is 4.79 Å². The molecule has 0 amide bonds. The standard InChI is InChI=1S/C13H13ClN4O4/c1-2-3-6-22-13(19)11(8-15)17-16-9-4-5-12(18(20)21)10(14)7-9/h4-5,7,16H,2-3,6H2,1H3/b17-11+. The van der Waals surface area contributed by atoms with E-state index in [1.54, 1.807) is 6.07 Å². The van der Waals surface area contributed by atoms with Crippen molar-refractivity contribution >= 4 is 34.7 Å². The highest BCUT2D eigenvalue weighted by atomic mass is 35.5. The monoisotopic (exact) mass is 324 g/mol. The minimum atomic E-state index is -0.837. The fraction of sp³-hybridized carbons (Fsp3) is 0.308. The second kappa shape index (κ2) is 8.59. The lowest BCUT2D eigenvalue weighted by Crippen LogP contribution is -2.18. The Morgan fingerprint density at radius 3 is 2.86 bits per heavy atom. The summed E-state index contributed by atoms with van der Waals surface area (Å²) >= 11 is 5.73. The van der Waals surface area contributed by atoms with E-state index in [0.717, 1.165) is 6.42 Å². The van der Waals surface area contributed by atoms with Crippen LogP contribution in [-0.4, -0.2) is 23.2 Å². The van der Waals surface area contributed by atoms with E-state index in [1.807, 2.05) is 6.92 Å². The Morgan fingerprint density at radius 1 is 1.59 bits per heavy atom. The molecule has 1 rings (SSSR count). The third-order valence-electron chi connectivity index (χ3n) is 2.47. The molecule has 0 aliphatic carbocycles. The molecule has 0 aliphatic heterocycles. The maximum atomic E-state index is 11.5. The highest BCUT2D eigenvalue weighted by Gasteiger charge is 2.14. The van der Waals surface area contributed by atoms with Gasteiger partial charge in [0.2, 0.25) is 5.71 Å². The van der Waals surface area contributed by atoms with Crippen molar-refractivity contribution in [1.29, 1.82) is 5.26 Å². The first-order chi connectivity index (χ1) is 10.5. The molecule has 116 valence electrons. The van der Waals surface area contributed by atoms with Crippen LogP contribution in [0.2, 0.25) is 5.02 Å². The molecule has 1 aromatic rings. The summed E-state index contributed by atoms with van der Waals surface area (Å²) in [6, 6.07) is 5.42. The minimum Gasteiger partial charge on any atom is -0.460 e. The number of nitrogens with one attached hydrogen (secondary N) is 1. The number of hydrogen-bond acceptors (Lipinski definition) is 7. The van der Waals surface area contributed by atoms with Gasteiger partial charge in [0.1, 0.15) is 11.1 Å². The Morgan fingerprint density at radius 2 is 2.32 bits per heavy atom. The number of halogens is 1. The number of nitriles is 1. The summed E-state index contributed by atoms with van der Waals surface area (Å²) in [5.74, 6) is -0.837. The molecule has 22 heavy (non-hydrogen) atoms. The zero-order valence-electron chi connectivity index (χ0n) is 11.7. The van der Waals surface area contributed by atoms with Crippen molar-refractivity contribution in [3.63, 3.8) is 0 Å². The molecule has 0 unspecified atom stereocenters. The Balaban J connectivity index is 2.76. The highest BCUT2D eigenvalue weighted by molar-refractivity contribution is 6.43. The van der Waals surface area contributed by atoms with Gasteiger partial charge >= 0.3 is 5.97 Å². The van der Waals surface area contributed by atoms with Gasteiger partial charge in [-0.05, 0) is 18.6 Å². The van der Waals surface area contributed by atoms with E-state index >= 15 is 0 Å². The van der Waals surface area contributed by atoms with Crippen molar-refractivity contribution in [2.75, 3.05) is 12.0 Å². The van der Waals surface area contributed by atoms with Crippen LogP contribution in [-0.2, 0) is 9.53 Å². The lowest BCUT2D eigenvalue weighted by atomic mass is 10.3. The molecule has 0 aliphatic rings. The van der Waals surface area contributed by atoms with Crippen molar-refractivity contribution in [2.24, 2.45) is 5.10 Å². The predicted octanol–water partition coefficient (Wildman–Crippen LogP) is 2.88. The maximum Gasteiger partial charge on any atom is 0.369 e. The van der Waals surface area contributed by atoms with Gasteiger partial charge in [-0.15, -0.1) is 0 Å². The Kier molecular flexibility index (Phi) is 6.79. The number of hydrogen-bond donors (Lipinski definition) is 1. The van der Waals surface area contributed by atoms with Crippen LogP contribution in [0.3, 0.4) is 0 Å². The SMILES string of the molecule is CCCCOC(=O)/C(C#N)=N/Nc1ccc([N+](=O)[O-])c(Cl)c1. The van der Waals surface area contributed by atoms with Crippen LogP contribution in [0.4, 0.5) is 11.4 Å². The number of hydrazone groups is 1. The Labute approximate surface area is 131 Å². The average molecular weight is 325 g/mol. The molecule has 0 aromatic heterocycles. The first-order valence-corrected chi connectivity index (χ1v) is 6.72. The Bertz CT molecular complexity index is 639. The number of unbranched alkanes of at least 4 members (excludes halogenated alkanes) is 1. The van der Waals surface area contributed by atoms with Crippen molar-refractivity contribution < 1.29 is 14.5 Å². The van der Waals surface area contributed by atoms with E-state index in [9.17, 15) is 14.9 Å². The summed E-state index contributed by atoms with van der Waals surface area (Å²) in [4.78, 5) is 21.6. The van der Waals surface area contributed by atoms with Crippen LogP contribution in [0.1, 0.15) is 19.8 Å². The van der Waals surface area contributed by atoms with Gasteiger partial charge < -0.3 is 4.74 Å². The summed E-state index contributed by atoms with van der Waals surface area (Å²) in [6.45, 7) is 2.15. The highest BCUT2D eigenvalue weighted by Crippen LogP contribution is 2.27. The van der Waals surface area contributed by atoms with E-state index in [4.69, 9.17) is 21.6 Å². The predicted molar refractivity (Wildman–Crippen MR) is 80.6 cm³/mol. The van der Waals surface area contributed by atoms with Crippen LogP contribution < -0.4 is 5.43 Å². The topological polar surface area (TPSA) is 118 Å². The van der Waals surface area contributed by atoms with Gasteiger partial charge in [-0.2, -0.15) is 10.4 Å². The lowest BCUT2D eigenvalue weighted by Gasteiger charge is -2.04. The number of benzene rings is 1. The van der Waals surface area contributed by atoms with Gasteiger partial charge in [-0.1, -0.05) is 24.9 Å². The van der Waals surface area contributed by atoms with Gasteiger partial charge in [0, 0.05) is 6.07 Å². The molecule has 0 bridgehead atoms. The molecular weight excluding hydrogens is 312 g/mol. The molecule has 0 heterocycles. The smallest absolute Gasteiger partial charge is 0.369 e. The number of nitro groups is 1. The normalized spacial score (nSPS) is 10.7. The molecule has 0 saturated heterocycles. The van der Waals surface area contributed by atoms with Crippen LogP contribution in [0.25, 0.3) is 0 Å². The number of nitrogens with zero attached hydrogens (tertiary/aromatic N) is 3. The fourth-order valence-electron chi connectivity index (χ4n) is 1.34. The molecule has 8 nitrogen and oxygen atoms in total. The zero-order valence-corrected chi connectivity index (χ0v) is 12.5. The van der Waals surface area contributed by atoms with Crippen molar-refractivity contribution in [1.82, 2.24) is 0 Å². The third kappa shape index (κ3) is 5.03. The van der Waals surface area contributed by atoms with Gasteiger partial charge in [-0.3, -0.25) is 15.5 Å².